The lowest BCUT2D eigenvalue weighted by molar-refractivity contribution is 0.0530. The first kappa shape index (κ1) is 13.9. The Morgan fingerprint density at radius 2 is 2.10 bits per heavy atom. The Hall–Kier alpha value is -1.07. The summed E-state index contributed by atoms with van der Waals surface area (Å²) < 4.78 is 9.96. The van der Waals surface area contributed by atoms with Crippen molar-refractivity contribution >= 4 is 22.8 Å². The molecule has 0 saturated heterocycles. The first-order chi connectivity index (χ1) is 9.70. The summed E-state index contributed by atoms with van der Waals surface area (Å²) in [6.07, 6.45) is 5.45. The summed E-state index contributed by atoms with van der Waals surface area (Å²) in [7, 11) is 1.95. The number of fused-ring (bicyclic) bond motifs is 1. The van der Waals surface area contributed by atoms with Gasteiger partial charge in [0, 0.05) is 13.6 Å². The van der Waals surface area contributed by atoms with Gasteiger partial charge in [-0.3, -0.25) is 4.68 Å². The summed E-state index contributed by atoms with van der Waals surface area (Å²) in [5.41, 5.74) is 2.93. The molecule has 5 nitrogen and oxygen atoms in total. The summed E-state index contributed by atoms with van der Waals surface area (Å²) in [6.45, 7) is 3.48. The summed E-state index contributed by atoms with van der Waals surface area (Å²) >= 11 is 6.02. The van der Waals surface area contributed by atoms with E-state index < -0.39 is 0 Å². The topological polar surface area (TPSA) is 44.9 Å². The van der Waals surface area contributed by atoms with Gasteiger partial charge in [0.25, 0.3) is 0 Å². The largest absolute Gasteiger partial charge is 0.376 e. The van der Waals surface area contributed by atoms with Crippen LogP contribution in [0.25, 0.3) is 11.2 Å². The maximum Gasteiger partial charge on any atom is 0.158 e. The van der Waals surface area contributed by atoms with Crippen molar-refractivity contribution in [1.82, 2.24) is 19.3 Å². The first-order valence-electron chi connectivity index (χ1n) is 7.27. The van der Waals surface area contributed by atoms with Crippen LogP contribution in [0.1, 0.15) is 37.2 Å². The molecule has 0 aromatic carbocycles. The smallest absolute Gasteiger partial charge is 0.158 e. The fourth-order valence-electron chi connectivity index (χ4n) is 3.08. The van der Waals surface area contributed by atoms with Crippen LogP contribution in [-0.4, -0.2) is 32.0 Å². The molecule has 0 unspecified atom stereocenters. The van der Waals surface area contributed by atoms with Crippen molar-refractivity contribution in [3.8, 4) is 0 Å². The monoisotopic (exact) mass is 296 g/mol. The molecular formula is C14H21ClN4O. The standard InChI is InChI=1S/C14H21ClN4O/c1-10-13-14(18(2)17-10)19(12(9-15)16-13)7-8-20-11-5-3-4-6-11/h11H,3-9H2,1-2H3. The van der Waals surface area contributed by atoms with Gasteiger partial charge in [-0.1, -0.05) is 12.8 Å². The SMILES string of the molecule is Cc1nn(C)c2c1nc(CCl)n2CCOC1CCCC1. The van der Waals surface area contributed by atoms with Crippen molar-refractivity contribution in [1.29, 1.82) is 0 Å². The molecule has 2 aromatic heterocycles. The third-order valence-corrected chi connectivity index (χ3v) is 4.30. The van der Waals surface area contributed by atoms with Gasteiger partial charge in [0.15, 0.2) is 5.65 Å². The van der Waals surface area contributed by atoms with Crippen LogP contribution in [0.2, 0.25) is 0 Å². The number of hydrogen-bond donors (Lipinski definition) is 0. The molecule has 0 radical (unpaired) electrons. The number of nitrogens with zero attached hydrogens (tertiary/aromatic N) is 4. The molecule has 20 heavy (non-hydrogen) atoms. The molecule has 0 N–H and O–H groups in total. The molecule has 3 rings (SSSR count). The van der Waals surface area contributed by atoms with Gasteiger partial charge in [0.05, 0.1) is 24.3 Å². The van der Waals surface area contributed by atoms with Gasteiger partial charge in [-0.25, -0.2) is 4.98 Å². The van der Waals surface area contributed by atoms with Crippen LogP contribution in [0.5, 0.6) is 0 Å². The number of halogens is 1. The van der Waals surface area contributed by atoms with Gasteiger partial charge in [-0.2, -0.15) is 5.10 Å². The molecule has 0 bridgehead atoms. The summed E-state index contributed by atoms with van der Waals surface area (Å²) in [5, 5.41) is 4.42. The highest BCUT2D eigenvalue weighted by Crippen LogP contribution is 2.22. The molecule has 1 fully saturated rings. The number of aryl methyl sites for hydroxylation is 2. The average Bonchev–Trinajstić information content (AvgIpc) is 3.10. The third kappa shape index (κ3) is 2.44. The molecule has 110 valence electrons. The van der Waals surface area contributed by atoms with Crippen LogP contribution < -0.4 is 0 Å². The van der Waals surface area contributed by atoms with Gasteiger partial charge in [-0.05, 0) is 19.8 Å². The van der Waals surface area contributed by atoms with E-state index in [1.54, 1.807) is 0 Å². The molecule has 1 saturated carbocycles. The lowest BCUT2D eigenvalue weighted by Crippen LogP contribution is -2.15. The number of aromatic nitrogens is 4. The Morgan fingerprint density at radius 1 is 1.35 bits per heavy atom. The van der Waals surface area contributed by atoms with Gasteiger partial charge < -0.3 is 9.30 Å². The quantitative estimate of drug-likeness (QED) is 0.797. The van der Waals surface area contributed by atoms with Crippen molar-refractivity contribution in [3.05, 3.63) is 11.5 Å². The van der Waals surface area contributed by atoms with Crippen molar-refractivity contribution in [2.24, 2.45) is 7.05 Å². The third-order valence-electron chi connectivity index (χ3n) is 4.06. The Morgan fingerprint density at radius 3 is 2.80 bits per heavy atom. The minimum absolute atomic E-state index is 0.414. The first-order valence-corrected chi connectivity index (χ1v) is 7.80. The van der Waals surface area contributed by atoms with Crippen LogP contribution in [0.15, 0.2) is 0 Å². The number of imidazole rings is 1. The van der Waals surface area contributed by atoms with Gasteiger partial charge in [0.2, 0.25) is 0 Å². The van der Waals surface area contributed by atoms with Crippen LogP contribution in [-0.2, 0) is 24.2 Å². The number of alkyl halides is 1. The van der Waals surface area contributed by atoms with E-state index in [1.165, 1.54) is 25.7 Å². The highest BCUT2D eigenvalue weighted by atomic mass is 35.5. The lowest BCUT2D eigenvalue weighted by Gasteiger charge is -2.13. The van der Waals surface area contributed by atoms with E-state index in [2.05, 4.69) is 14.6 Å². The van der Waals surface area contributed by atoms with E-state index >= 15 is 0 Å². The molecule has 6 heteroatoms. The number of ether oxygens (including phenoxy) is 1. The minimum atomic E-state index is 0.414. The van der Waals surface area contributed by atoms with E-state index in [9.17, 15) is 0 Å². The molecule has 0 amide bonds. The Bertz CT molecular complexity index is 598. The van der Waals surface area contributed by atoms with E-state index in [-0.39, 0.29) is 0 Å². The zero-order chi connectivity index (χ0) is 14.1. The highest BCUT2D eigenvalue weighted by Gasteiger charge is 2.18. The Kier molecular flexibility index (Phi) is 3.98. The molecule has 1 aliphatic rings. The second kappa shape index (κ2) is 5.74. The van der Waals surface area contributed by atoms with Crippen molar-refractivity contribution in [2.75, 3.05) is 6.61 Å². The summed E-state index contributed by atoms with van der Waals surface area (Å²) in [5.74, 6) is 1.31. The molecule has 0 atom stereocenters. The van der Waals surface area contributed by atoms with Gasteiger partial charge >= 0.3 is 0 Å². The maximum atomic E-state index is 6.02. The van der Waals surface area contributed by atoms with Crippen molar-refractivity contribution in [2.45, 2.75) is 51.1 Å². The van der Waals surface area contributed by atoms with Crippen LogP contribution in [0, 0.1) is 6.92 Å². The average molecular weight is 297 g/mol. The Balaban J connectivity index is 1.78. The van der Waals surface area contributed by atoms with Crippen LogP contribution in [0.3, 0.4) is 0 Å². The molecule has 2 aromatic rings. The van der Waals surface area contributed by atoms with Crippen LogP contribution in [0.4, 0.5) is 0 Å². The predicted octanol–water partition coefficient (Wildman–Crippen LogP) is 2.78. The zero-order valence-corrected chi connectivity index (χ0v) is 12.9. The molecule has 1 aliphatic carbocycles. The fraction of sp³-hybridized carbons (Fsp3) is 0.714. The van der Waals surface area contributed by atoms with E-state index in [0.717, 1.165) is 29.2 Å². The van der Waals surface area contributed by atoms with Crippen LogP contribution >= 0.6 is 11.6 Å². The van der Waals surface area contributed by atoms with Gasteiger partial charge in [-0.15, -0.1) is 11.6 Å². The van der Waals surface area contributed by atoms with Crippen molar-refractivity contribution in [3.63, 3.8) is 0 Å². The fourth-order valence-corrected chi connectivity index (χ4v) is 3.29. The van der Waals surface area contributed by atoms with Crippen molar-refractivity contribution < 1.29 is 4.74 Å². The summed E-state index contributed by atoms with van der Waals surface area (Å²) in [6, 6.07) is 0. The van der Waals surface area contributed by atoms with Gasteiger partial charge in [0.1, 0.15) is 11.3 Å². The molecule has 0 spiro atoms. The molecular weight excluding hydrogens is 276 g/mol. The minimum Gasteiger partial charge on any atom is -0.376 e. The Labute approximate surface area is 123 Å². The summed E-state index contributed by atoms with van der Waals surface area (Å²) in [4.78, 5) is 4.59. The lowest BCUT2D eigenvalue weighted by atomic mass is 10.3. The van der Waals surface area contributed by atoms with E-state index in [4.69, 9.17) is 16.3 Å². The second-order valence-corrected chi connectivity index (χ2v) is 5.74. The number of hydrogen-bond acceptors (Lipinski definition) is 3. The normalized spacial score (nSPS) is 16.6. The molecule has 0 aliphatic heterocycles. The maximum absolute atomic E-state index is 6.02. The van der Waals surface area contributed by atoms with E-state index in [0.29, 0.717) is 18.6 Å². The number of rotatable bonds is 5. The zero-order valence-electron chi connectivity index (χ0n) is 12.1. The van der Waals surface area contributed by atoms with E-state index in [1.807, 2.05) is 18.7 Å². The highest BCUT2D eigenvalue weighted by molar-refractivity contribution is 6.16. The second-order valence-electron chi connectivity index (χ2n) is 5.47. The predicted molar refractivity (Wildman–Crippen MR) is 79.0 cm³/mol. The molecule has 2 heterocycles.